The second kappa shape index (κ2) is 41.4. The molecule has 3 aromatic carbocycles. The molecule has 8 N–H and O–H groups in total. The number of benzene rings is 3. The first-order valence-electron chi connectivity index (χ1n) is 41.0. The van der Waals surface area contributed by atoms with Gasteiger partial charge in [0, 0.05) is 71.0 Å². The number of hydrogen-bond acceptors (Lipinski definition) is 27. The Morgan fingerprint density at radius 3 is 2.14 bits per heavy atom. The van der Waals surface area contributed by atoms with Crippen molar-refractivity contribution in [2.45, 2.75) is 153 Å². The van der Waals surface area contributed by atoms with E-state index >= 15 is 4.39 Å². The number of aryl methyl sites for hydroxylation is 1. The lowest BCUT2D eigenvalue weighted by Gasteiger charge is -2.31. The van der Waals surface area contributed by atoms with E-state index in [1.807, 2.05) is 0 Å². The van der Waals surface area contributed by atoms with E-state index in [1.165, 1.54) is 26.6 Å². The first kappa shape index (κ1) is 88.3. The van der Waals surface area contributed by atoms with Gasteiger partial charge in [-0.15, -0.1) is 16.9 Å². The van der Waals surface area contributed by atoms with E-state index in [9.17, 15) is 53.1 Å². The fraction of sp³-hybridized carbons (Fsp3) is 0.524. The molecule has 0 radical (unpaired) electrons. The van der Waals surface area contributed by atoms with Crippen molar-refractivity contribution in [3.05, 3.63) is 139 Å². The molecular weight excluding hydrogens is 1590 g/mol. The number of carbonyl (C=O) groups excluding carboxylic acids is 8. The maximum absolute atomic E-state index is 15.5. The topological polar surface area (TPSA) is 445 Å². The molecule has 7 amide bonds. The highest BCUT2D eigenvalue weighted by Gasteiger charge is 2.47. The number of aliphatic hydroxyl groups is 1. The average Bonchev–Trinajstić information content (AvgIpc) is 1.58. The van der Waals surface area contributed by atoms with E-state index in [0.29, 0.717) is 229 Å². The third-order valence-corrected chi connectivity index (χ3v) is 24.0. The number of carboxylic acid groups (broad SMARTS) is 1. The summed E-state index contributed by atoms with van der Waals surface area (Å²) >= 11 is 1.10. The predicted octanol–water partition coefficient (Wildman–Crippen LogP) is 5.22. The largest absolute Gasteiger partial charge is 0.491 e. The Labute approximate surface area is 700 Å². The number of nitrogens with two attached hydrogens (primary N) is 1. The molecule has 37 heteroatoms. The number of aliphatic carboxylic acids is 1. The second-order valence-corrected chi connectivity index (χ2v) is 31.8. The number of nitrogens with one attached hydrogen (secondary N) is 4. The van der Waals surface area contributed by atoms with Gasteiger partial charge in [-0.2, -0.15) is 0 Å². The number of imide groups is 1. The Morgan fingerprint density at radius 2 is 1.46 bits per heavy atom. The van der Waals surface area contributed by atoms with Crippen LogP contribution < -0.4 is 37.3 Å². The van der Waals surface area contributed by atoms with Gasteiger partial charge in [0.25, 0.3) is 11.5 Å². The minimum Gasteiger partial charge on any atom is -0.491 e. The van der Waals surface area contributed by atoms with Crippen LogP contribution in [0.2, 0.25) is 0 Å². The number of cyclic esters (lactones) is 1. The van der Waals surface area contributed by atoms with Crippen molar-refractivity contribution >= 4 is 92.7 Å². The summed E-state index contributed by atoms with van der Waals surface area (Å²) in [7, 11) is 0. The van der Waals surface area contributed by atoms with Gasteiger partial charge in [-0.05, 0) is 142 Å². The van der Waals surface area contributed by atoms with E-state index in [4.69, 9.17) is 63.2 Å². The summed E-state index contributed by atoms with van der Waals surface area (Å²) in [6.45, 7) is 11.3. The number of aromatic nitrogens is 6. The van der Waals surface area contributed by atoms with Crippen molar-refractivity contribution in [1.82, 2.24) is 55.3 Å². The first-order chi connectivity index (χ1) is 58.5. The molecule has 1 unspecified atom stereocenters. The monoisotopic (exact) mass is 1700 g/mol. The van der Waals surface area contributed by atoms with Crippen LogP contribution in [-0.2, 0) is 121 Å². The van der Waals surface area contributed by atoms with E-state index in [0.717, 1.165) is 17.3 Å². The third-order valence-electron chi connectivity index (χ3n) is 22.7. The van der Waals surface area contributed by atoms with Gasteiger partial charge in [-0.1, -0.05) is 24.3 Å². The Hall–Kier alpha value is -10.5. The molecule has 4 aromatic heterocycles. The minimum atomic E-state index is -2.05. The number of thioether (sulfide) groups is 1. The normalized spacial score (nSPS) is 19.6. The van der Waals surface area contributed by atoms with Crippen LogP contribution in [0.25, 0.3) is 33.2 Å². The number of pyridine rings is 3. The molecule has 121 heavy (non-hydrogen) atoms. The third kappa shape index (κ3) is 21.5. The molecule has 2 aliphatic carbocycles. The van der Waals surface area contributed by atoms with Crippen LogP contribution in [0.15, 0.2) is 77.9 Å². The van der Waals surface area contributed by atoms with Gasteiger partial charge in [0.2, 0.25) is 29.5 Å². The Kier molecular flexibility index (Phi) is 30.2. The lowest BCUT2D eigenvalue weighted by Crippen LogP contribution is -2.51. The molecule has 3 fully saturated rings. The summed E-state index contributed by atoms with van der Waals surface area (Å²) in [6, 6.07) is 12.8. The Bertz CT molecular complexity index is 5010. The number of ether oxygens (including phenoxy) is 10. The van der Waals surface area contributed by atoms with Crippen molar-refractivity contribution in [2.75, 3.05) is 123 Å². The number of alkyl carbamates (subject to hydrolysis) is 1. The number of halogens is 1. The molecule has 0 spiro atoms. The average molecular weight is 1700 g/mol. The summed E-state index contributed by atoms with van der Waals surface area (Å²) in [5.41, 5.74) is 9.42. The molecule has 1 saturated carbocycles. The van der Waals surface area contributed by atoms with E-state index in [-0.39, 0.29) is 104 Å². The highest BCUT2D eigenvalue weighted by atomic mass is 32.2. The van der Waals surface area contributed by atoms with Crippen LogP contribution in [-0.4, -0.2) is 244 Å². The number of hydrogen-bond donors (Lipinski definition) is 7. The zero-order chi connectivity index (χ0) is 85.3. The molecule has 2 saturated heterocycles. The van der Waals surface area contributed by atoms with Gasteiger partial charge in [-0.3, -0.25) is 48.2 Å². The van der Waals surface area contributed by atoms with Crippen molar-refractivity contribution in [2.24, 2.45) is 17.6 Å². The molecule has 4 aliphatic heterocycles. The van der Waals surface area contributed by atoms with Crippen LogP contribution in [0.1, 0.15) is 133 Å². The summed E-state index contributed by atoms with van der Waals surface area (Å²) in [4.78, 5) is 144. The number of fused-ring (bicyclic) bond motifs is 6. The van der Waals surface area contributed by atoms with Gasteiger partial charge in [0.1, 0.15) is 55.2 Å². The molecule has 8 heterocycles. The second-order valence-electron chi connectivity index (χ2n) is 30.6. The van der Waals surface area contributed by atoms with Crippen LogP contribution in [0, 0.1) is 24.6 Å². The van der Waals surface area contributed by atoms with Gasteiger partial charge in [0.05, 0.1) is 163 Å². The standard InChI is InChI=1S/C84H102FN13O22S/c1-4-84(110)62-39-69-74-60(45-97(69)79(104)61(62)47-119-82(84)108)73-66(18-16-57-49(2)63(85)40-67(91-74)72(57)73)92-83(109)120-46-52-9-13-54(14-10-52)90-77(102)68-6-5-21-96(68)78(103)50(3)89-76(101)58-19-20-87-65-17-15-56(38-59(58)65)118-37-36-117-35-34-116-33-32-115-31-30-114-29-28-113-27-26-112-25-24-111-23-22-95-44-55(93-94-95)42-88-75(100)53-11-7-51(8-12-53)43-98-71(99)41-70(80(98)105)121-48-64(86)81(106)107/h9-10,13-15,17,19-20,38-40,44,50-51,53,64,66,68,70,110H,4-8,11-12,16,18,21-37,41-43,45-48,86H2,1-3H3,(H,88,100)(H,89,101)(H,90,102)(H,92,109)(H,106,107)/t50-,51?,53?,64+,66+,68+,70?,84+/m1/s1. The van der Waals surface area contributed by atoms with Crippen molar-refractivity contribution in [1.29, 1.82) is 0 Å². The molecule has 6 atom stereocenters. The molecule has 6 aliphatic rings. The number of rotatable bonds is 43. The van der Waals surface area contributed by atoms with Crippen LogP contribution in [0.3, 0.4) is 0 Å². The Balaban J connectivity index is 0.439. The first-order valence-corrected chi connectivity index (χ1v) is 42.0. The van der Waals surface area contributed by atoms with E-state index in [2.05, 4.69) is 36.6 Å². The van der Waals surface area contributed by atoms with E-state index < -0.39 is 82.1 Å². The highest BCUT2D eigenvalue weighted by Crippen LogP contribution is 2.46. The van der Waals surface area contributed by atoms with Crippen molar-refractivity contribution < 1.29 is 105 Å². The summed E-state index contributed by atoms with van der Waals surface area (Å²) in [6.07, 6.45) is 6.97. The summed E-state index contributed by atoms with van der Waals surface area (Å²) in [5.74, 6) is -4.02. The number of carboxylic acids is 1. The summed E-state index contributed by atoms with van der Waals surface area (Å²) < 4.78 is 75.0. The number of anilines is 1. The minimum absolute atomic E-state index is 0.0335. The quantitative estimate of drug-likeness (QED) is 0.0146. The van der Waals surface area contributed by atoms with Gasteiger partial charge < -0.3 is 94.0 Å². The van der Waals surface area contributed by atoms with Crippen LogP contribution >= 0.6 is 11.8 Å². The predicted molar refractivity (Wildman–Crippen MR) is 434 cm³/mol. The van der Waals surface area contributed by atoms with Crippen molar-refractivity contribution in [3.63, 3.8) is 0 Å². The molecular formula is C84H102FN13O22S. The lowest BCUT2D eigenvalue weighted by molar-refractivity contribution is -0.172. The SMILES string of the molecule is CC[C@@]1(O)C(=O)OCc2c1cc1n(c2=O)Cc2c-1nc1cc(F)c(C)c3c1c2[C@@H](NC(=O)OCc1ccc(NC(=O)[C@@H]2CCCN2C(=O)[C@@H](C)NC(=O)c2ccnc4ccc(OCCOCCOCCOCCOCCOCCOCCOCCn5cc(CNC(=O)C6CCC(CN7C(=O)CC(SC[C@H](N)C(=O)O)C7=O)CC6)nn5)cc24)cc1)CC3. The number of esters is 1. The smallest absolute Gasteiger partial charge is 0.407 e. The van der Waals surface area contributed by atoms with Gasteiger partial charge >= 0.3 is 18.0 Å². The number of amides is 7. The van der Waals surface area contributed by atoms with Crippen LogP contribution in [0.5, 0.6) is 5.75 Å². The van der Waals surface area contributed by atoms with Gasteiger partial charge in [-0.25, -0.2) is 23.6 Å². The molecule has 13 rings (SSSR count). The van der Waals surface area contributed by atoms with Gasteiger partial charge in [0.15, 0.2) is 5.60 Å². The summed E-state index contributed by atoms with van der Waals surface area (Å²) in [5, 5.41) is 41.0. The number of likely N-dealkylation sites (tertiary alicyclic amines) is 2. The maximum atomic E-state index is 15.5. The number of carbonyl (C=O) groups is 9. The van der Waals surface area contributed by atoms with Crippen molar-refractivity contribution in [3.8, 4) is 17.1 Å². The molecule has 35 nitrogen and oxygen atoms in total. The highest BCUT2D eigenvalue weighted by molar-refractivity contribution is 8.00. The fourth-order valence-corrected chi connectivity index (χ4v) is 17.1. The number of nitrogens with zero attached hydrogens (tertiary/aromatic N) is 8. The fourth-order valence-electron chi connectivity index (χ4n) is 16.0. The zero-order valence-electron chi connectivity index (χ0n) is 67.8. The zero-order valence-corrected chi connectivity index (χ0v) is 68.6. The molecule has 0 bridgehead atoms. The maximum Gasteiger partial charge on any atom is 0.407 e. The molecule has 648 valence electrons. The molecule has 7 aromatic rings. The lowest BCUT2D eigenvalue weighted by atomic mass is 9.81. The Morgan fingerprint density at radius 1 is 0.785 bits per heavy atom. The van der Waals surface area contributed by atoms with E-state index in [1.54, 1.807) is 86.2 Å². The van der Waals surface area contributed by atoms with Crippen LogP contribution in [0.4, 0.5) is 14.9 Å².